The lowest BCUT2D eigenvalue weighted by Crippen LogP contribution is -2.15. The van der Waals surface area contributed by atoms with Gasteiger partial charge in [0, 0.05) is 22.2 Å². The number of H-pyrrole nitrogens is 1. The molecule has 0 aliphatic carbocycles. The number of aromatic nitrogens is 1. The molecular weight excluding hydrogens is 254 g/mol. The molecule has 0 bridgehead atoms. The molecule has 96 valence electrons. The van der Waals surface area contributed by atoms with Gasteiger partial charge in [0.05, 0.1) is 11.6 Å². The Balaban J connectivity index is 2.45. The molecule has 2 aromatic rings. The van der Waals surface area contributed by atoms with E-state index in [2.05, 4.69) is 4.98 Å². The van der Waals surface area contributed by atoms with Gasteiger partial charge in [0.1, 0.15) is 0 Å². The van der Waals surface area contributed by atoms with Crippen LogP contribution in [-0.2, 0) is 9.53 Å². The first-order chi connectivity index (χ1) is 8.54. The number of aliphatic hydroxyl groups excluding tert-OH is 1. The number of nitrogens with one attached hydrogen (secondary N) is 1. The zero-order valence-electron chi connectivity index (χ0n) is 10.2. The molecule has 0 saturated heterocycles. The van der Waals surface area contributed by atoms with Gasteiger partial charge in [-0.15, -0.1) is 0 Å². The Labute approximate surface area is 110 Å². The minimum Gasteiger partial charge on any atom is -0.464 e. The van der Waals surface area contributed by atoms with Crippen LogP contribution < -0.4 is 0 Å². The minimum atomic E-state index is -1.35. The van der Waals surface area contributed by atoms with Crippen molar-refractivity contribution in [1.82, 2.24) is 4.98 Å². The Bertz CT molecular complexity index is 591. The summed E-state index contributed by atoms with van der Waals surface area (Å²) in [5.74, 6) is -0.689. The van der Waals surface area contributed by atoms with Gasteiger partial charge in [-0.05, 0) is 26.0 Å². The summed E-state index contributed by atoms with van der Waals surface area (Å²) in [4.78, 5) is 14.6. The first kappa shape index (κ1) is 12.9. The van der Waals surface area contributed by atoms with E-state index in [4.69, 9.17) is 16.3 Å². The largest absolute Gasteiger partial charge is 0.464 e. The highest BCUT2D eigenvalue weighted by atomic mass is 35.5. The topological polar surface area (TPSA) is 62.3 Å². The molecule has 0 aliphatic heterocycles. The van der Waals surface area contributed by atoms with Gasteiger partial charge in [0.15, 0.2) is 6.10 Å². The number of fused-ring (bicyclic) bond motifs is 1. The number of aryl methyl sites for hydroxylation is 1. The van der Waals surface area contributed by atoms with E-state index < -0.39 is 12.1 Å². The number of halogens is 1. The van der Waals surface area contributed by atoms with Crippen LogP contribution in [0.5, 0.6) is 0 Å². The van der Waals surface area contributed by atoms with Gasteiger partial charge >= 0.3 is 5.97 Å². The molecular formula is C13H14ClNO3. The third-order valence-electron chi connectivity index (χ3n) is 2.71. The van der Waals surface area contributed by atoms with Crippen LogP contribution in [0.1, 0.15) is 24.3 Å². The predicted molar refractivity (Wildman–Crippen MR) is 69.6 cm³/mol. The van der Waals surface area contributed by atoms with Gasteiger partial charge in [0.25, 0.3) is 0 Å². The van der Waals surface area contributed by atoms with Gasteiger partial charge in [-0.1, -0.05) is 17.7 Å². The summed E-state index contributed by atoms with van der Waals surface area (Å²) < 4.78 is 4.77. The van der Waals surface area contributed by atoms with Crippen LogP contribution in [0.3, 0.4) is 0 Å². The Kier molecular flexibility index (Phi) is 3.59. The maximum absolute atomic E-state index is 11.5. The highest BCUT2D eigenvalue weighted by Crippen LogP contribution is 2.32. The molecule has 0 amide bonds. The van der Waals surface area contributed by atoms with Gasteiger partial charge in [-0.2, -0.15) is 0 Å². The molecule has 1 unspecified atom stereocenters. The lowest BCUT2D eigenvalue weighted by molar-refractivity contribution is -0.153. The number of aromatic amines is 1. The molecule has 0 radical (unpaired) electrons. The van der Waals surface area contributed by atoms with Crippen LogP contribution in [0.15, 0.2) is 18.2 Å². The van der Waals surface area contributed by atoms with Crippen molar-refractivity contribution in [3.8, 4) is 0 Å². The van der Waals surface area contributed by atoms with E-state index in [1.54, 1.807) is 19.1 Å². The summed E-state index contributed by atoms with van der Waals surface area (Å²) in [7, 11) is 0. The van der Waals surface area contributed by atoms with E-state index in [1.165, 1.54) is 0 Å². The van der Waals surface area contributed by atoms with Crippen molar-refractivity contribution in [2.24, 2.45) is 0 Å². The second kappa shape index (κ2) is 5.00. The second-order valence-electron chi connectivity index (χ2n) is 4.04. The number of esters is 1. The van der Waals surface area contributed by atoms with E-state index in [9.17, 15) is 9.90 Å². The molecule has 2 N–H and O–H groups in total. The number of carbonyl (C=O) groups is 1. The Morgan fingerprint density at radius 2 is 2.28 bits per heavy atom. The average Bonchev–Trinajstić information content (AvgIpc) is 2.71. The summed E-state index contributed by atoms with van der Waals surface area (Å²) in [6.07, 6.45) is -1.35. The molecule has 5 heteroatoms. The van der Waals surface area contributed by atoms with Crippen molar-refractivity contribution in [2.75, 3.05) is 6.61 Å². The van der Waals surface area contributed by atoms with Gasteiger partial charge in [-0.3, -0.25) is 0 Å². The van der Waals surface area contributed by atoms with Gasteiger partial charge in [-0.25, -0.2) is 4.79 Å². The minimum absolute atomic E-state index is 0.221. The number of benzene rings is 1. The molecule has 18 heavy (non-hydrogen) atoms. The van der Waals surface area contributed by atoms with Gasteiger partial charge in [0.2, 0.25) is 0 Å². The molecule has 0 aliphatic rings. The third kappa shape index (κ3) is 2.21. The Morgan fingerprint density at radius 3 is 2.94 bits per heavy atom. The molecule has 1 aromatic carbocycles. The van der Waals surface area contributed by atoms with Crippen molar-refractivity contribution < 1.29 is 14.6 Å². The predicted octanol–water partition coefficient (Wildman–Crippen LogP) is 2.73. The molecule has 0 spiro atoms. The molecule has 1 heterocycles. The van der Waals surface area contributed by atoms with Crippen molar-refractivity contribution in [1.29, 1.82) is 0 Å². The van der Waals surface area contributed by atoms with E-state index in [1.807, 2.05) is 13.0 Å². The fourth-order valence-electron chi connectivity index (χ4n) is 1.88. The average molecular weight is 268 g/mol. The number of rotatable bonds is 3. The normalized spacial score (nSPS) is 12.7. The lowest BCUT2D eigenvalue weighted by atomic mass is 10.1. The molecule has 0 saturated carbocycles. The van der Waals surface area contributed by atoms with Crippen LogP contribution in [0.4, 0.5) is 0 Å². The Morgan fingerprint density at radius 1 is 1.56 bits per heavy atom. The summed E-state index contributed by atoms with van der Waals surface area (Å²) in [6, 6.07) is 5.28. The van der Waals surface area contributed by atoms with Crippen molar-refractivity contribution in [3.05, 3.63) is 34.5 Å². The number of ether oxygens (including phenoxy) is 1. The first-order valence-corrected chi connectivity index (χ1v) is 6.04. The van der Waals surface area contributed by atoms with Crippen LogP contribution in [0.25, 0.3) is 10.9 Å². The van der Waals surface area contributed by atoms with Crippen LogP contribution in [0.2, 0.25) is 5.02 Å². The lowest BCUT2D eigenvalue weighted by Gasteiger charge is -2.11. The molecule has 4 nitrogen and oxygen atoms in total. The highest BCUT2D eigenvalue weighted by molar-refractivity contribution is 6.36. The van der Waals surface area contributed by atoms with Crippen LogP contribution in [0, 0.1) is 6.92 Å². The maximum Gasteiger partial charge on any atom is 0.339 e. The van der Waals surface area contributed by atoms with Crippen molar-refractivity contribution >= 4 is 28.5 Å². The van der Waals surface area contributed by atoms with E-state index in [0.717, 1.165) is 16.6 Å². The maximum atomic E-state index is 11.5. The fraction of sp³-hybridized carbons (Fsp3) is 0.308. The summed E-state index contributed by atoms with van der Waals surface area (Å²) in [5, 5.41) is 11.1. The molecule has 1 aromatic heterocycles. The number of aliphatic hydroxyl groups is 1. The molecule has 0 fully saturated rings. The van der Waals surface area contributed by atoms with Crippen molar-refractivity contribution in [2.45, 2.75) is 20.0 Å². The smallest absolute Gasteiger partial charge is 0.339 e. The highest BCUT2D eigenvalue weighted by Gasteiger charge is 2.22. The van der Waals surface area contributed by atoms with Crippen LogP contribution in [-0.4, -0.2) is 22.7 Å². The SMILES string of the molecule is CCOC(=O)C(O)c1ccc2[nH]c(C)cc2c1Cl. The second-order valence-corrected chi connectivity index (χ2v) is 4.41. The summed E-state index contributed by atoms with van der Waals surface area (Å²) >= 11 is 6.21. The summed E-state index contributed by atoms with van der Waals surface area (Å²) in [6.45, 7) is 3.82. The number of hydrogen-bond donors (Lipinski definition) is 2. The van der Waals surface area contributed by atoms with E-state index >= 15 is 0 Å². The quantitative estimate of drug-likeness (QED) is 0.841. The zero-order valence-corrected chi connectivity index (χ0v) is 10.9. The molecule has 2 rings (SSSR count). The third-order valence-corrected chi connectivity index (χ3v) is 3.13. The standard InChI is InChI=1S/C13H14ClNO3/c1-3-18-13(17)12(16)8-4-5-10-9(11(8)14)6-7(2)15-10/h4-6,12,15-16H,3H2,1-2H3. The van der Waals surface area contributed by atoms with Gasteiger partial charge < -0.3 is 14.8 Å². The first-order valence-electron chi connectivity index (χ1n) is 5.67. The Hall–Kier alpha value is -1.52. The monoisotopic (exact) mass is 267 g/mol. The number of hydrogen-bond acceptors (Lipinski definition) is 3. The van der Waals surface area contributed by atoms with Crippen LogP contribution >= 0.6 is 11.6 Å². The van der Waals surface area contributed by atoms with E-state index in [-0.39, 0.29) is 6.61 Å². The fourth-order valence-corrected chi connectivity index (χ4v) is 2.21. The van der Waals surface area contributed by atoms with Crippen molar-refractivity contribution in [3.63, 3.8) is 0 Å². The summed E-state index contributed by atoms with van der Waals surface area (Å²) in [5.41, 5.74) is 2.20. The zero-order chi connectivity index (χ0) is 13.3. The molecule has 1 atom stereocenters. The van der Waals surface area contributed by atoms with E-state index in [0.29, 0.717) is 10.6 Å². The number of carbonyl (C=O) groups excluding carboxylic acids is 1.